The van der Waals surface area contributed by atoms with Crippen molar-refractivity contribution >= 4 is 34.2 Å². The summed E-state index contributed by atoms with van der Waals surface area (Å²) in [6, 6.07) is 8.01. The van der Waals surface area contributed by atoms with E-state index in [9.17, 15) is 4.79 Å². The first-order valence-electron chi connectivity index (χ1n) is 4.40. The number of hydrogen-bond acceptors (Lipinski definition) is 2. The second kappa shape index (κ2) is 5.85. The highest BCUT2D eigenvalue weighted by atomic mass is 127. The summed E-state index contributed by atoms with van der Waals surface area (Å²) in [4.78, 5) is 10.2. The summed E-state index contributed by atoms with van der Waals surface area (Å²) in [5.41, 5.74) is 1.04. The number of halogens is 1. The SMILES string of the molecule is O=C(O)CCCNc1ccc(I)cc1. The molecule has 1 aromatic carbocycles. The monoisotopic (exact) mass is 305 g/mol. The summed E-state index contributed by atoms with van der Waals surface area (Å²) >= 11 is 2.24. The van der Waals surface area contributed by atoms with E-state index >= 15 is 0 Å². The van der Waals surface area contributed by atoms with Gasteiger partial charge in [-0.3, -0.25) is 4.79 Å². The smallest absolute Gasteiger partial charge is 0.303 e. The minimum atomic E-state index is -0.741. The van der Waals surface area contributed by atoms with Crippen molar-refractivity contribution in [3.05, 3.63) is 27.8 Å². The number of hydrogen-bond donors (Lipinski definition) is 2. The third kappa shape index (κ3) is 4.45. The van der Waals surface area contributed by atoms with Crippen LogP contribution in [0.1, 0.15) is 12.8 Å². The minimum absolute atomic E-state index is 0.220. The molecule has 0 radical (unpaired) electrons. The first-order chi connectivity index (χ1) is 6.68. The maximum absolute atomic E-state index is 10.2. The highest BCUT2D eigenvalue weighted by Crippen LogP contribution is 2.10. The third-order valence-corrected chi connectivity index (χ3v) is 2.46. The lowest BCUT2D eigenvalue weighted by Crippen LogP contribution is -2.04. The summed E-state index contributed by atoms with van der Waals surface area (Å²) in [5.74, 6) is -0.741. The molecule has 0 aliphatic rings. The summed E-state index contributed by atoms with van der Waals surface area (Å²) in [5, 5.41) is 11.6. The number of rotatable bonds is 5. The first-order valence-corrected chi connectivity index (χ1v) is 5.47. The molecule has 76 valence electrons. The molecule has 0 saturated heterocycles. The molecule has 0 aliphatic carbocycles. The van der Waals surface area contributed by atoms with Gasteiger partial charge in [-0.25, -0.2) is 0 Å². The van der Waals surface area contributed by atoms with Crippen LogP contribution in [0, 0.1) is 3.57 Å². The first kappa shape index (κ1) is 11.3. The van der Waals surface area contributed by atoms with E-state index in [-0.39, 0.29) is 6.42 Å². The van der Waals surface area contributed by atoms with Crippen molar-refractivity contribution in [2.75, 3.05) is 11.9 Å². The highest BCUT2D eigenvalue weighted by molar-refractivity contribution is 14.1. The van der Waals surface area contributed by atoms with Crippen LogP contribution in [0.25, 0.3) is 0 Å². The Labute approximate surface area is 96.7 Å². The van der Waals surface area contributed by atoms with Gasteiger partial charge in [0.25, 0.3) is 0 Å². The number of benzene rings is 1. The maximum Gasteiger partial charge on any atom is 0.303 e. The molecular formula is C10H12INO2. The predicted octanol–water partition coefficient (Wildman–Crippen LogP) is 2.57. The van der Waals surface area contributed by atoms with Gasteiger partial charge < -0.3 is 10.4 Å². The Morgan fingerprint density at radius 3 is 2.57 bits per heavy atom. The summed E-state index contributed by atoms with van der Waals surface area (Å²) in [6.07, 6.45) is 0.874. The largest absolute Gasteiger partial charge is 0.481 e. The quantitative estimate of drug-likeness (QED) is 0.649. The van der Waals surface area contributed by atoms with Crippen LogP contribution in [0.15, 0.2) is 24.3 Å². The van der Waals surface area contributed by atoms with E-state index in [1.54, 1.807) is 0 Å². The molecule has 0 bridgehead atoms. The van der Waals surface area contributed by atoms with Crippen LogP contribution in [0.2, 0.25) is 0 Å². The van der Waals surface area contributed by atoms with Gasteiger partial charge in [0.2, 0.25) is 0 Å². The molecule has 0 saturated carbocycles. The molecule has 2 N–H and O–H groups in total. The Bertz CT molecular complexity index is 297. The van der Waals surface area contributed by atoms with Gasteiger partial charge in [-0.05, 0) is 53.3 Å². The molecule has 0 amide bonds. The molecule has 0 heterocycles. The van der Waals surface area contributed by atoms with Crippen molar-refractivity contribution in [2.24, 2.45) is 0 Å². The van der Waals surface area contributed by atoms with Gasteiger partial charge in [0, 0.05) is 22.2 Å². The molecule has 0 aromatic heterocycles. The average Bonchev–Trinajstić information content (AvgIpc) is 2.15. The van der Waals surface area contributed by atoms with E-state index in [2.05, 4.69) is 27.9 Å². The molecular weight excluding hydrogens is 293 g/mol. The number of carboxylic acids is 1. The minimum Gasteiger partial charge on any atom is -0.481 e. The number of nitrogens with one attached hydrogen (secondary N) is 1. The van der Waals surface area contributed by atoms with Crippen molar-refractivity contribution in [1.82, 2.24) is 0 Å². The number of carboxylic acid groups (broad SMARTS) is 1. The molecule has 0 fully saturated rings. The van der Waals surface area contributed by atoms with Gasteiger partial charge in [-0.15, -0.1) is 0 Å². The van der Waals surface area contributed by atoms with Crippen LogP contribution in [-0.4, -0.2) is 17.6 Å². The van der Waals surface area contributed by atoms with E-state index in [1.165, 1.54) is 3.57 Å². The van der Waals surface area contributed by atoms with Crippen LogP contribution in [0.5, 0.6) is 0 Å². The zero-order valence-corrected chi connectivity index (χ0v) is 9.82. The molecule has 0 spiro atoms. The molecule has 3 nitrogen and oxygen atoms in total. The lowest BCUT2D eigenvalue weighted by molar-refractivity contribution is -0.137. The zero-order chi connectivity index (χ0) is 10.4. The molecule has 1 rings (SSSR count). The summed E-state index contributed by atoms with van der Waals surface area (Å²) in [7, 11) is 0. The van der Waals surface area contributed by atoms with Crippen molar-refractivity contribution in [3.63, 3.8) is 0 Å². The summed E-state index contributed by atoms with van der Waals surface area (Å²) in [6.45, 7) is 0.701. The second-order valence-electron chi connectivity index (χ2n) is 2.93. The topological polar surface area (TPSA) is 49.3 Å². The van der Waals surface area contributed by atoms with E-state index < -0.39 is 5.97 Å². The van der Waals surface area contributed by atoms with Crippen LogP contribution in [-0.2, 0) is 4.79 Å². The lowest BCUT2D eigenvalue weighted by atomic mass is 10.3. The number of carbonyl (C=O) groups is 1. The van der Waals surface area contributed by atoms with Gasteiger partial charge >= 0.3 is 5.97 Å². The van der Waals surface area contributed by atoms with E-state index in [0.717, 1.165) is 5.69 Å². The van der Waals surface area contributed by atoms with Crippen molar-refractivity contribution in [2.45, 2.75) is 12.8 Å². The van der Waals surface area contributed by atoms with Crippen LogP contribution in [0.4, 0.5) is 5.69 Å². The molecule has 1 aromatic rings. The van der Waals surface area contributed by atoms with Gasteiger partial charge in [-0.2, -0.15) is 0 Å². The van der Waals surface area contributed by atoms with E-state index in [0.29, 0.717) is 13.0 Å². The second-order valence-corrected chi connectivity index (χ2v) is 4.18. The van der Waals surface area contributed by atoms with Crippen LogP contribution < -0.4 is 5.32 Å². The molecule has 14 heavy (non-hydrogen) atoms. The normalized spacial score (nSPS) is 9.79. The van der Waals surface area contributed by atoms with Crippen molar-refractivity contribution < 1.29 is 9.90 Å². The fourth-order valence-corrected chi connectivity index (χ4v) is 1.40. The van der Waals surface area contributed by atoms with E-state index in [1.807, 2.05) is 24.3 Å². The third-order valence-electron chi connectivity index (χ3n) is 1.74. The standard InChI is InChI=1S/C10H12INO2/c11-8-3-5-9(6-4-8)12-7-1-2-10(13)14/h3-6,12H,1-2,7H2,(H,13,14). The fraction of sp³-hybridized carbons (Fsp3) is 0.300. The molecule has 4 heteroatoms. The Morgan fingerprint density at radius 2 is 2.00 bits per heavy atom. The van der Waals surface area contributed by atoms with Crippen molar-refractivity contribution in [1.29, 1.82) is 0 Å². The Hall–Kier alpha value is -0.780. The van der Waals surface area contributed by atoms with Crippen molar-refractivity contribution in [3.8, 4) is 0 Å². The predicted molar refractivity (Wildman–Crippen MR) is 64.5 cm³/mol. The fourth-order valence-electron chi connectivity index (χ4n) is 1.04. The Kier molecular flexibility index (Phi) is 4.72. The van der Waals surface area contributed by atoms with E-state index in [4.69, 9.17) is 5.11 Å². The number of aliphatic carboxylic acids is 1. The Morgan fingerprint density at radius 1 is 1.36 bits per heavy atom. The van der Waals surface area contributed by atoms with Crippen LogP contribution >= 0.6 is 22.6 Å². The molecule has 0 unspecified atom stereocenters. The molecule has 0 atom stereocenters. The van der Waals surface area contributed by atoms with Gasteiger partial charge in [0.1, 0.15) is 0 Å². The zero-order valence-electron chi connectivity index (χ0n) is 7.66. The van der Waals surface area contributed by atoms with Gasteiger partial charge in [0.05, 0.1) is 0 Å². The molecule has 0 aliphatic heterocycles. The maximum atomic E-state index is 10.2. The van der Waals surface area contributed by atoms with Gasteiger partial charge in [-0.1, -0.05) is 0 Å². The Balaban J connectivity index is 2.25. The lowest BCUT2D eigenvalue weighted by Gasteiger charge is -2.04. The highest BCUT2D eigenvalue weighted by Gasteiger charge is 1.96. The number of anilines is 1. The van der Waals surface area contributed by atoms with Crippen LogP contribution in [0.3, 0.4) is 0 Å². The summed E-state index contributed by atoms with van der Waals surface area (Å²) < 4.78 is 1.19. The average molecular weight is 305 g/mol. The van der Waals surface area contributed by atoms with Gasteiger partial charge in [0.15, 0.2) is 0 Å².